The van der Waals surface area contributed by atoms with Gasteiger partial charge in [0, 0.05) is 5.38 Å². The van der Waals surface area contributed by atoms with E-state index in [0.717, 1.165) is 30.0 Å². The number of imide groups is 1. The molecule has 1 aromatic heterocycles. The van der Waals surface area contributed by atoms with Gasteiger partial charge in [-0.15, -0.1) is 11.3 Å². The fraction of sp³-hybridized carbons (Fsp3) is 0.667. The first-order valence-corrected chi connectivity index (χ1v) is 8.38. The van der Waals surface area contributed by atoms with Crippen molar-refractivity contribution in [3.63, 3.8) is 0 Å². The average Bonchev–Trinajstić information content (AvgIpc) is 2.94. The molecule has 1 aliphatic carbocycles. The van der Waals surface area contributed by atoms with Crippen LogP contribution in [0.4, 0.5) is 4.79 Å². The Balaban J connectivity index is 1.87. The summed E-state index contributed by atoms with van der Waals surface area (Å²) in [6.45, 7) is 6.34. The quantitative estimate of drug-likeness (QED) is 0.855. The lowest BCUT2D eigenvalue weighted by Crippen LogP contribution is -2.58. The molecule has 1 aliphatic heterocycles. The number of rotatable bonds is 2. The maximum atomic E-state index is 12.9. The zero-order valence-corrected chi connectivity index (χ0v) is 13.5. The van der Waals surface area contributed by atoms with Gasteiger partial charge in [-0.25, -0.2) is 9.78 Å². The van der Waals surface area contributed by atoms with Gasteiger partial charge in [-0.3, -0.25) is 9.69 Å². The third kappa shape index (κ3) is 2.16. The molecule has 3 amide bonds. The molecule has 1 saturated heterocycles. The summed E-state index contributed by atoms with van der Waals surface area (Å²) >= 11 is 1.54. The van der Waals surface area contributed by atoms with E-state index < -0.39 is 5.54 Å². The molecule has 5 nitrogen and oxygen atoms in total. The summed E-state index contributed by atoms with van der Waals surface area (Å²) in [5, 5.41) is 5.87. The Morgan fingerprint density at radius 2 is 2.05 bits per heavy atom. The Morgan fingerprint density at radius 1 is 1.38 bits per heavy atom. The number of carbonyl (C=O) groups is 2. The van der Waals surface area contributed by atoms with Crippen LogP contribution in [0.3, 0.4) is 0 Å². The smallest absolute Gasteiger partial charge is 0.323 e. The molecular formula is C15H21N3O2S. The molecule has 6 heteroatoms. The second-order valence-corrected chi connectivity index (χ2v) is 7.34. The van der Waals surface area contributed by atoms with Crippen LogP contribution >= 0.6 is 11.3 Å². The number of hydrogen-bond donors (Lipinski definition) is 1. The molecule has 2 fully saturated rings. The number of carbonyl (C=O) groups excluding carboxylic acids is 2. The normalized spacial score (nSPS) is 32.8. The molecule has 1 spiro atoms. The molecule has 1 saturated carbocycles. The van der Waals surface area contributed by atoms with Gasteiger partial charge in [-0.1, -0.05) is 20.3 Å². The maximum absolute atomic E-state index is 12.9. The first-order chi connectivity index (χ1) is 9.95. The SMILES string of the molecule is Cc1nc(CN2C(=O)NC3(C2=O)C(C)CCCC3C)cs1. The van der Waals surface area contributed by atoms with Gasteiger partial charge >= 0.3 is 6.03 Å². The third-order valence-corrected chi connectivity index (χ3v) is 5.80. The van der Waals surface area contributed by atoms with E-state index in [1.165, 1.54) is 16.2 Å². The molecule has 3 rings (SSSR count). The lowest BCUT2D eigenvalue weighted by Gasteiger charge is -2.42. The van der Waals surface area contributed by atoms with Crippen molar-refractivity contribution in [3.8, 4) is 0 Å². The molecule has 2 atom stereocenters. The van der Waals surface area contributed by atoms with Crippen LogP contribution in [0.1, 0.15) is 43.8 Å². The van der Waals surface area contributed by atoms with Gasteiger partial charge in [0.05, 0.1) is 17.2 Å². The summed E-state index contributed by atoms with van der Waals surface area (Å²) in [6, 6.07) is -0.272. The van der Waals surface area contributed by atoms with Crippen molar-refractivity contribution in [2.45, 2.75) is 52.1 Å². The molecule has 1 N–H and O–H groups in total. The van der Waals surface area contributed by atoms with Gasteiger partial charge in [0.2, 0.25) is 0 Å². The lowest BCUT2D eigenvalue weighted by molar-refractivity contribution is -0.137. The lowest BCUT2D eigenvalue weighted by atomic mass is 9.67. The van der Waals surface area contributed by atoms with Gasteiger partial charge < -0.3 is 5.32 Å². The summed E-state index contributed by atoms with van der Waals surface area (Å²) in [5.74, 6) is 0.289. The first-order valence-electron chi connectivity index (χ1n) is 7.50. The van der Waals surface area contributed by atoms with Gasteiger partial charge in [0.25, 0.3) is 5.91 Å². The van der Waals surface area contributed by atoms with E-state index in [9.17, 15) is 9.59 Å². The monoisotopic (exact) mass is 307 g/mol. The van der Waals surface area contributed by atoms with E-state index >= 15 is 0 Å². The highest BCUT2D eigenvalue weighted by molar-refractivity contribution is 7.09. The highest BCUT2D eigenvalue weighted by atomic mass is 32.1. The van der Waals surface area contributed by atoms with E-state index in [1.807, 2.05) is 12.3 Å². The predicted octanol–water partition coefficient (Wildman–Crippen LogP) is 2.70. The second kappa shape index (κ2) is 5.09. The predicted molar refractivity (Wildman–Crippen MR) is 80.8 cm³/mol. The summed E-state index contributed by atoms with van der Waals surface area (Å²) in [4.78, 5) is 31.0. The summed E-state index contributed by atoms with van der Waals surface area (Å²) in [5.41, 5.74) is 0.0783. The molecule has 0 radical (unpaired) electrons. The summed E-state index contributed by atoms with van der Waals surface area (Å²) in [6.07, 6.45) is 3.10. The number of thiazole rings is 1. The van der Waals surface area contributed by atoms with Crippen LogP contribution in [0.15, 0.2) is 5.38 Å². The minimum absolute atomic E-state index is 0.0714. The van der Waals surface area contributed by atoms with Crippen LogP contribution in [0.5, 0.6) is 0 Å². The Labute approximate surface area is 128 Å². The number of nitrogens with one attached hydrogen (secondary N) is 1. The number of nitrogens with zero attached hydrogens (tertiary/aromatic N) is 2. The Kier molecular flexibility index (Phi) is 3.51. The van der Waals surface area contributed by atoms with Crippen LogP contribution in [0.2, 0.25) is 0 Å². The van der Waals surface area contributed by atoms with Crippen molar-refractivity contribution in [1.82, 2.24) is 15.2 Å². The first kappa shape index (κ1) is 14.5. The van der Waals surface area contributed by atoms with Crippen molar-refractivity contribution in [1.29, 1.82) is 0 Å². The Bertz CT molecular complexity index is 573. The molecule has 114 valence electrons. The van der Waals surface area contributed by atoms with Crippen molar-refractivity contribution < 1.29 is 9.59 Å². The highest BCUT2D eigenvalue weighted by Crippen LogP contribution is 2.42. The molecule has 2 heterocycles. The topological polar surface area (TPSA) is 62.3 Å². The molecule has 21 heavy (non-hydrogen) atoms. The molecule has 0 bridgehead atoms. The van der Waals surface area contributed by atoms with Crippen molar-refractivity contribution in [2.24, 2.45) is 11.8 Å². The fourth-order valence-electron chi connectivity index (χ4n) is 3.74. The van der Waals surface area contributed by atoms with Crippen LogP contribution in [0, 0.1) is 18.8 Å². The zero-order chi connectivity index (χ0) is 15.2. The fourth-order valence-corrected chi connectivity index (χ4v) is 4.34. The third-order valence-electron chi connectivity index (χ3n) is 4.97. The van der Waals surface area contributed by atoms with Crippen LogP contribution in [-0.4, -0.2) is 27.4 Å². The molecule has 0 aromatic carbocycles. The minimum Gasteiger partial charge on any atom is -0.323 e. The highest BCUT2D eigenvalue weighted by Gasteiger charge is 2.58. The van der Waals surface area contributed by atoms with E-state index in [0.29, 0.717) is 0 Å². The van der Waals surface area contributed by atoms with Crippen molar-refractivity contribution in [3.05, 3.63) is 16.1 Å². The summed E-state index contributed by atoms with van der Waals surface area (Å²) < 4.78 is 0. The van der Waals surface area contributed by atoms with Gasteiger partial charge in [0.15, 0.2) is 0 Å². The second-order valence-electron chi connectivity index (χ2n) is 6.28. The molecule has 1 aromatic rings. The van der Waals surface area contributed by atoms with Crippen molar-refractivity contribution in [2.75, 3.05) is 0 Å². The van der Waals surface area contributed by atoms with Crippen molar-refractivity contribution >= 4 is 23.3 Å². The van der Waals surface area contributed by atoms with Crippen LogP contribution in [0.25, 0.3) is 0 Å². The number of aryl methyl sites for hydroxylation is 1. The van der Waals surface area contributed by atoms with Crippen LogP contribution < -0.4 is 5.32 Å². The minimum atomic E-state index is -0.708. The molecule has 2 unspecified atom stereocenters. The Morgan fingerprint density at radius 3 is 2.62 bits per heavy atom. The van der Waals surface area contributed by atoms with Gasteiger partial charge in [-0.2, -0.15) is 0 Å². The molecule has 2 aliphatic rings. The molecular weight excluding hydrogens is 286 g/mol. The summed E-state index contributed by atoms with van der Waals surface area (Å²) in [7, 11) is 0. The maximum Gasteiger partial charge on any atom is 0.325 e. The Hall–Kier alpha value is -1.43. The van der Waals surface area contributed by atoms with Gasteiger partial charge in [0.1, 0.15) is 5.54 Å². The number of urea groups is 1. The largest absolute Gasteiger partial charge is 0.325 e. The number of amides is 3. The van der Waals surface area contributed by atoms with E-state index in [4.69, 9.17) is 0 Å². The number of aromatic nitrogens is 1. The van der Waals surface area contributed by atoms with Crippen LogP contribution in [-0.2, 0) is 11.3 Å². The van der Waals surface area contributed by atoms with E-state index in [1.54, 1.807) is 0 Å². The average molecular weight is 307 g/mol. The van der Waals surface area contributed by atoms with E-state index in [-0.39, 0.29) is 30.3 Å². The standard InChI is InChI=1S/C15H21N3O2S/c1-9-5-4-6-10(2)15(9)13(19)18(14(20)17-15)7-12-8-21-11(3)16-12/h8-10H,4-7H2,1-3H3,(H,17,20). The zero-order valence-electron chi connectivity index (χ0n) is 12.7. The number of hydrogen-bond acceptors (Lipinski definition) is 4. The van der Waals surface area contributed by atoms with E-state index in [2.05, 4.69) is 24.1 Å². The van der Waals surface area contributed by atoms with Gasteiger partial charge in [-0.05, 0) is 31.6 Å².